The van der Waals surface area contributed by atoms with E-state index in [9.17, 15) is 0 Å². The second-order valence-electron chi connectivity index (χ2n) is 3.53. The fourth-order valence-electron chi connectivity index (χ4n) is 1.55. The van der Waals surface area contributed by atoms with Crippen LogP contribution in [-0.2, 0) is 13.0 Å². The number of nitrogens with zero attached hydrogens (tertiary/aromatic N) is 6. The molecule has 0 spiro atoms. The molecular formula is C9H10N6S. The van der Waals surface area contributed by atoms with Gasteiger partial charge in [0.25, 0.3) is 0 Å². The molecule has 0 amide bonds. The first kappa shape index (κ1) is 9.46. The molecule has 0 bridgehead atoms. The highest BCUT2D eigenvalue weighted by molar-refractivity contribution is 7.16. The Kier molecular flexibility index (Phi) is 2.17. The zero-order valence-electron chi connectivity index (χ0n) is 8.74. The molecule has 7 heteroatoms. The molecule has 82 valence electrons. The molecule has 0 unspecified atom stereocenters. The van der Waals surface area contributed by atoms with Crippen LogP contribution in [0.3, 0.4) is 0 Å². The molecule has 0 N–H and O–H groups in total. The van der Waals surface area contributed by atoms with Gasteiger partial charge in [0.05, 0.1) is 11.9 Å². The average Bonchev–Trinajstić information content (AvgIpc) is 2.88. The van der Waals surface area contributed by atoms with Crippen molar-refractivity contribution in [3.8, 4) is 0 Å². The van der Waals surface area contributed by atoms with Crippen LogP contribution in [0.1, 0.15) is 10.7 Å². The molecular weight excluding hydrogens is 224 g/mol. The Bertz CT molecular complexity index is 561. The van der Waals surface area contributed by atoms with Crippen LogP contribution < -0.4 is 0 Å². The van der Waals surface area contributed by atoms with E-state index >= 15 is 0 Å². The summed E-state index contributed by atoms with van der Waals surface area (Å²) in [6.45, 7) is 2.83. The van der Waals surface area contributed by atoms with E-state index in [4.69, 9.17) is 0 Å². The van der Waals surface area contributed by atoms with E-state index in [0.29, 0.717) is 0 Å². The van der Waals surface area contributed by atoms with E-state index in [1.165, 1.54) is 0 Å². The van der Waals surface area contributed by atoms with E-state index in [2.05, 4.69) is 20.3 Å². The predicted octanol–water partition coefficient (Wildman–Crippen LogP) is 0.933. The standard InChI is InChI=1S/C9H10N6S/c1-7-13-15-4-8(12-9(15)16-7)2-3-14-5-10-11-6-14/h4-6H,2-3H2,1H3. The lowest BCUT2D eigenvalue weighted by Gasteiger charge is -1.96. The summed E-state index contributed by atoms with van der Waals surface area (Å²) in [7, 11) is 0. The smallest absolute Gasteiger partial charge is 0.212 e. The molecule has 6 nitrogen and oxygen atoms in total. The second kappa shape index (κ2) is 3.67. The van der Waals surface area contributed by atoms with Gasteiger partial charge in [-0.1, -0.05) is 11.3 Å². The summed E-state index contributed by atoms with van der Waals surface area (Å²) in [4.78, 5) is 5.45. The van der Waals surface area contributed by atoms with Crippen molar-refractivity contribution in [3.05, 3.63) is 29.6 Å². The summed E-state index contributed by atoms with van der Waals surface area (Å²) < 4.78 is 3.77. The lowest BCUT2D eigenvalue weighted by Crippen LogP contribution is -1.98. The zero-order valence-corrected chi connectivity index (χ0v) is 9.55. The van der Waals surface area contributed by atoms with Crippen molar-refractivity contribution in [2.45, 2.75) is 19.9 Å². The lowest BCUT2D eigenvalue weighted by atomic mass is 10.3. The highest BCUT2D eigenvalue weighted by atomic mass is 32.1. The van der Waals surface area contributed by atoms with E-state index in [0.717, 1.165) is 28.6 Å². The van der Waals surface area contributed by atoms with Gasteiger partial charge in [0.2, 0.25) is 4.96 Å². The number of aromatic nitrogens is 6. The maximum atomic E-state index is 4.50. The van der Waals surface area contributed by atoms with E-state index in [1.54, 1.807) is 24.0 Å². The summed E-state index contributed by atoms with van der Waals surface area (Å²) in [6, 6.07) is 0. The van der Waals surface area contributed by atoms with Gasteiger partial charge >= 0.3 is 0 Å². The minimum absolute atomic E-state index is 0.844. The van der Waals surface area contributed by atoms with Gasteiger partial charge in [0, 0.05) is 13.0 Å². The van der Waals surface area contributed by atoms with Crippen molar-refractivity contribution < 1.29 is 0 Å². The maximum Gasteiger partial charge on any atom is 0.212 e. The van der Waals surface area contributed by atoms with Crippen LogP contribution in [0.15, 0.2) is 18.9 Å². The minimum Gasteiger partial charge on any atom is -0.320 e. The number of fused-ring (bicyclic) bond motifs is 1. The van der Waals surface area contributed by atoms with Gasteiger partial charge in [-0.3, -0.25) is 0 Å². The monoisotopic (exact) mass is 234 g/mol. The second-order valence-corrected chi connectivity index (χ2v) is 4.69. The van der Waals surface area contributed by atoms with E-state index in [-0.39, 0.29) is 0 Å². The Hall–Kier alpha value is -1.76. The summed E-state index contributed by atoms with van der Waals surface area (Å²) in [5, 5.41) is 12.9. The summed E-state index contributed by atoms with van der Waals surface area (Å²) >= 11 is 1.61. The molecule has 3 heterocycles. The fourth-order valence-corrected chi connectivity index (χ4v) is 2.29. The van der Waals surface area contributed by atoms with Crippen LogP contribution in [0.25, 0.3) is 4.96 Å². The molecule has 0 radical (unpaired) electrons. The van der Waals surface area contributed by atoms with Crippen LogP contribution in [0.4, 0.5) is 0 Å². The highest BCUT2D eigenvalue weighted by Crippen LogP contribution is 2.13. The third kappa shape index (κ3) is 1.69. The Morgan fingerprint density at radius 3 is 2.88 bits per heavy atom. The van der Waals surface area contributed by atoms with Gasteiger partial charge in [0.1, 0.15) is 17.7 Å². The normalized spacial score (nSPS) is 11.3. The van der Waals surface area contributed by atoms with E-state index in [1.807, 2.05) is 22.2 Å². The third-order valence-corrected chi connectivity index (χ3v) is 3.12. The molecule has 0 atom stereocenters. The van der Waals surface area contributed by atoms with Crippen molar-refractivity contribution in [1.82, 2.24) is 29.4 Å². The third-order valence-electron chi connectivity index (χ3n) is 2.29. The lowest BCUT2D eigenvalue weighted by molar-refractivity contribution is 0.684. The van der Waals surface area contributed by atoms with Gasteiger partial charge in [-0.2, -0.15) is 5.10 Å². The quantitative estimate of drug-likeness (QED) is 0.676. The molecule has 3 aromatic heterocycles. The summed E-state index contributed by atoms with van der Waals surface area (Å²) in [5.41, 5.74) is 1.05. The van der Waals surface area contributed by atoms with Crippen LogP contribution in [0, 0.1) is 6.92 Å². The van der Waals surface area contributed by atoms with E-state index < -0.39 is 0 Å². The average molecular weight is 234 g/mol. The van der Waals surface area contributed by atoms with Crippen molar-refractivity contribution in [2.75, 3.05) is 0 Å². The number of hydrogen-bond donors (Lipinski definition) is 0. The zero-order chi connectivity index (χ0) is 11.0. The molecule has 3 aromatic rings. The van der Waals surface area contributed by atoms with Gasteiger partial charge in [-0.15, -0.1) is 10.2 Å². The topological polar surface area (TPSA) is 60.9 Å². The minimum atomic E-state index is 0.844. The molecule has 3 rings (SSSR count). The summed E-state index contributed by atoms with van der Waals surface area (Å²) in [5.74, 6) is 0. The van der Waals surface area contributed by atoms with Gasteiger partial charge in [-0.25, -0.2) is 9.50 Å². The fraction of sp³-hybridized carbons (Fsp3) is 0.333. The molecule has 0 fully saturated rings. The van der Waals surface area contributed by atoms with Crippen molar-refractivity contribution in [3.63, 3.8) is 0 Å². The first-order valence-corrected chi connectivity index (χ1v) is 5.77. The van der Waals surface area contributed by atoms with Crippen LogP contribution in [0.2, 0.25) is 0 Å². The van der Waals surface area contributed by atoms with Crippen molar-refractivity contribution in [1.29, 1.82) is 0 Å². The first-order valence-electron chi connectivity index (χ1n) is 4.95. The SMILES string of the molecule is Cc1nn2cc(CCn3cnnc3)nc2s1. The predicted molar refractivity (Wildman–Crippen MR) is 59.3 cm³/mol. The largest absolute Gasteiger partial charge is 0.320 e. The number of aryl methyl sites for hydroxylation is 3. The van der Waals surface area contributed by atoms with Crippen molar-refractivity contribution >= 4 is 16.3 Å². The molecule has 0 aromatic carbocycles. The van der Waals surface area contributed by atoms with Gasteiger partial charge in [0.15, 0.2) is 0 Å². The number of rotatable bonds is 3. The Labute approximate surface area is 95.6 Å². The number of hydrogen-bond acceptors (Lipinski definition) is 5. The Morgan fingerprint density at radius 2 is 2.12 bits per heavy atom. The van der Waals surface area contributed by atoms with Crippen LogP contribution >= 0.6 is 11.3 Å². The maximum absolute atomic E-state index is 4.50. The van der Waals surface area contributed by atoms with Crippen LogP contribution in [-0.4, -0.2) is 29.4 Å². The Morgan fingerprint density at radius 1 is 1.31 bits per heavy atom. The molecule has 0 aliphatic heterocycles. The number of imidazole rings is 1. The van der Waals surface area contributed by atoms with Gasteiger partial charge in [-0.05, 0) is 6.92 Å². The summed E-state index contributed by atoms with van der Waals surface area (Å²) in [6.07, 6.45) is 6.26. The molecule has 0 aliphatic rings. The molecule has 16 heavy (non-hydrogen) atoms. The van der Waals surface area contributed by atoms with Crippen molar-refractivity contribution in [2.24, 2.45) is 0 Å². The molecule has 0 saturated carbocycles. The van der Waals surface area contributed by atoms with Gasteiger partial charge < -0.3 is 4.57 Å². The highest BCUT2D eigenvalue weighted by Gasteiger charge is 2.05. The van der Waals surface area contributed by atoms with Crippen LogP contribution in [0.5, 0.6) is 0 Å². The first-order chi connectivity index (χ1) is 7.81. The molecule has 0 aliphatic carbocycles. The molecule has 0 saturated heterocycles. The Balaban J connectivity index is 1.77.